The average molecular weight is 218 g/mol. The van der Waals surface area contributed by atoms with Gasteiger partial charge in [0.15, 0.2) is 0 Å². The highest BCUT2D eigenvalue weighted by Crippen LogP contribution is 2.30. The maximum absolute atomic E-state index is 11.6. The minimum Gasteiger partial charge on any atom is -0.410 e. The number of oxime groups is 1. The highest BCUT2D eigenvalue weighted by Gasteiger charge is 2.35. The minimum atomic E-state index is -0.410. The van der Waals surface area contributed by atoms with E-state index in [2.05, 4.69) is 10.5 Å². The Balaban J connectivity index is 5.01. The molecule has 1 unspecified atom stereocenters. The van der Waals surface area contributed by atoms with Crippen LogP contribution in [0.5, 0.6) is 0 Å². The van der Waals surface area contributed by atoms with Gasteiger partial charge in [0.25, 0.3) is 0 Å². The van der Waals surface area contributed by atoms with Crippen LogP contribution in [-0.4, -0.2) is 29.5 Å². The van der Waals surface area contributed by atoms with Gasteiger partial charge in [-0.15, -0.1) is 11.8 Å². The monoisotopic (exact) mass is 218 g/mol. The third-order valence-electron chi connectivity index (χ3n) is 1.93. The Morgan fingerprint density at radius 1 is 1.50 bits per heavy atom. The maximum Gasteiger partial charge on any atom is 0.230 e. The molecule has 0 aromatic carbocycles. The summed E-state index contributed by atoms with van der Waals surface area (Å²) in [5.41, 5.74) is -0.259. The molecule has 0 aliphatic rings. The molecule has 5 heteroatoms. The number of hydrogen-bond acceptors (Lipinski definition) is 4. The van der Waals surface area contributed by atoms with Gasteiger partial charge in [-0.05, 0) is 11.7 Å². The van der Waals surface area contributed by atoms with Crippen molar-refractivity contribution in [3.63, 3.8) is 0 Å². The molecule has 0 rings (SSSR count). The highest BCUT2D eigenvalue weighted by atomic mass is 32.2. The summed E-state index contributed by atoms with van der Waals surface area (Å²) in [5, 5.41) is 15.0. The summed E-state index contributed by atoms with van der Waals surface area (Å²) in [6.45, 7) is 5.82. The molecule has 4 nitrogen and oxygen atoms in total. The van der Waals surface area contributed by atoms with Gasteiger partial charge in [0.1, 0.15) is 5.04 Å². The lowest BCUT2D eigenvalue weighted by Gasteiger charge is -2.28. The molecule has 1 atom stereocenters. The van der Waals surface area contributed by atoms with Crippen LogP contribution in [0.2, 0.25) is 0 Å². The summed E-state index contributed by atoms with van der Waals surface area (Å²) in [6, 6.07) is 0. The first-order valence-corrected chi connectivity index (χ1v) is 5.58. The Bertz CT molecular complexity index is 233. The molecule has 82 valence electrons. The van der Waals surface area contributed by atoms with Gasteiger partial charge >= 0.3 is 0 Å². The Hall–Kier alpha value is -0.710. The number of hydrogen-bond donors (Lipinski definition) is 2. The smallest absolute Gasteiger partial charge is 0.230 e. The highest BCUT2D eigenvalue weighted by molar-refractivity contribution is 8.13. The normalized spacial score (nSPS) is 15.1. The third-order valence-corrected chi connectivity index (χ3v) is 2.66. The first-order valence-electron chi connectivity index (χ1n) is 4.36. The molecule has 0 fully saturated rings. The lowest BCUT2D eigenvalue weighted by atomic mass is 9.81. The molecule has 14 heavy (non-hydrogen) atoms. The number of rotatable bonds is 2. The lowest BCUT2D eigenvalue weighted by Crippen LogP contribution is -2.40. The third kappa shape index (κ3) is 3.21. The molecular weight excluding hydrogens is 200 g/mol. The van der Waals surface area contributed by atoms with Crippen LogP contribution in [0.3, 0.4) is 0 Å². The molecule has 0 heterocycles. The van der Waals surface area contributed by atoms with E-state index < -0.39 is 5.92 Å². The molecular formula is C9H18N2O2S. The van der Waals surface area contributed by atoms with Crippen molar-refractivity contribution >= 4 is 22.7 Å². The van der Waals surface area contributed by atoms with E-state index >= 15 is 0 Å². The van der Waals surface area contributed by atoms with Gasteiger partial charge in [-0.3, -0.25) is 4.79 Å². The summed E-state index contributed by atoms with van der Waals surface area (Å²) in [6.07, 6.45) is 1.79. The van der Waals surface area contributed by atoms with Crippen molar-refractivity contribution in [2.75, 3.05) is 13.3 Å². The van der Waals surface area contributed by atoms with Crippen LogP contribution in [-0.2, 0) is 4.79 Å². The number of thioether (sulfide) groups is 1. The molecule has 1 amide bonds. The second-order valence-corrected chi connectivity index (χ2v) is 4.88. The summed E-state index contributed by atoms with van der Waals surface area (Å²) in [7, 11) is 1.58. The van der Waals surface area contributed by atoms with E-state index in [-0.39, 0.29) is 11.3 Å². The van der Waals surface area contributed by atoms with Crippen LogP contribution in [0, 0.1) is 11.3 Å². The van der Waals surface area contributed by atoms with Gasteiger partial charge in [-0.25, -0.2) is 0 Å². The zero-order valence-corrected chi connectivity index (χ0v) is 10.1. The zero-order valence-electron chi connectivity index (χ0n) is 9.29. The summed E-state index contributed by atoms with van der Waals surface area (Å²) >= 11 is 1.29. The first kappa shape index (κ1) is 13.3. The fourth-order valence-electron chi connectivity index (χ4n) is 1.24. The van der Waals surface area contributed by atoms with Gasteiger partial charge in [-0.1, -0.05) is 25.9 Å². The predicted molar refractivity (Wildman–Crippen MR) is 59.7 cm³/mol. The van der Waals surface area contributed by atoms with Crippen LogP contribution in [0.25, 0.3) is 0 Å². The van der Waals surface area contributed by atoms with Crippen LogP contribution in [0.15, 0.2) is 5.16 Å². The van der Waals surface area contributed by atoms with Gasteiger partial charge in [-0.2, -0.15) is 0 Å². The molecule has 0 radical (unpaired) electrons. The van der Waals surface area contributed by atoms with Crippen LogP contribution < -0.4 is 5.32 Å². The van der Waals surface area contributed by atoms with E-state index in [0.29, 0.717) is 5.04 Å². The van der Waals surface area contributed by atoms with Crippen LogP contribution >= 0.6 is 11.8 Å². The van der Waals surface area contributed by atoms with E-state index in [1.165, 1.54) is 11.8 Å². The minimum absolute atomic E-state index is 0.125. The van der Waals surface area contributed by atoms with Crippen molar-refractivity contribution in [3.05, 3.63) is 0 Å². The molecule has 0 saturated carbocycles. The van der Waals surface area contributed by atoms with E-state index in [0.717, 1.165) is 0 Å². The summed E-state index contributed by atoms with van der Waals surface area (Å²) in [4.78, 5) is 11.6. The van der Waals surface area contributed by atoms with Crippen molar-refractivity contribution in [1.29, 1.82) is 0 Å². The van der Waals surface area contributed by atoms with E-state index in [9.17, 15) is 4.79 Å². The number of carbonyl (C=O) groups excluding carboxylic acids is 1. The standard InChI is InChI=1S/C9H18N2O2S/c1-9(2,3)6(7(12)10-4)8(11-13)14-5/h6,13H,1-5H3,(H,10,12). The van der Waals surface area contributed by atoms with Crippen molar-refractivity contribution < 1.29 is 10.0 Å². The van der Waals surface area contributed by atoms with Gasteiger partial charge in [0.05, 0.1) is 5.92 Å². The molecule has 0 aliphatic carbocycles. The number of nitrogens with zero attached hydrogens (tertiary/aromatic N) is 1. The second-order valence-electron chi connectivity index (χ2n) is 4.06. The van der Waals surface area contributed by atoms with Crippen molar-refractivity contribution in [3.8, 4) is 0 Å². The van der Waals surface area contributed by atoms with Crippen LogP contribution in [0.1, 0.15) is 20.8 Å². The number of carbonyl (C=O) groups is 1. The average Bonchev–Trinajstić information content (AvgIpc) is 2.10. The van der Waals surface area contributed by atoms with Gasteiger partial charge in [0.2, 0.25) is 5.91 Å². The van der Waals surface area contributed by atoms with Crippen molar-refractivity contribution in [2.45, 2.75) is 20.8 Å². The fourth-order valence-corrected chi connectivity index (χ4v) is 2.01. The van der Waals surface area contributed by atoms with E-state index in [1.807, 2.05) is 20.8 Å². The predicted octanol–water partition coefficient (Wildman–Crippen LogP) is 1.55. The van der Waals surface area contributed by atoms with Gasteiger partial charge < -0.3 is 10.5 Å². The molecule has 0 spiro atoms. The molecule has 0 saturated heterocycles. The Morgan fingerprint density at radius 3 is 2.21 bits per heavy atom. The van der Waals surface area contributed by atoms with E-state index in [4.69, 9.17) is 5.21 Å². The lowest BCUT2D eigenvalue weighted by molar-refractivity contribution is -0.124. The van der Waals surface area contributed by atoms with Crippen molar-refractivity contribution in [2.24, 2.45) is 16.5 Å². The Morgan fingerprint density at radius 2 is 2.00 bits per heavy atom. The quantitative estimate of drug-likeness (QED) is 0.320. The maximum atomic E-state index is 11.6. The summed E-state index contributed by atoms with van der Waals surface area (Å²) < 4.78 is 0. The number of amides is 1. The zero-order chi connectivity index (χ0) is 11.4. The first-order chi connectivity index (χ1) is 6.38. The molecule has 2 N–H and O–H groups in total. The Kier molecular flexibility index (Phi) is 4.97. The molecule has 0 aliphatic heterocycles. The molecule has 0 aromatic rings. The topological polar surface area (TPSA) is 61.7 Å². The molecule has 0 bridgehead atoms. The van der Waals surface area contributed by atoms with Crippen LogP contribution in [0.4, 0.5) is 0 Å². The SMILES string of the molecule is CNC(=O)C(C(=NO)SC)C(C)(C)C. The van der Waals surface area contributed by atoms with Crippen molar-refractivity contribution in [1.82, 2.24) is 5.32 Å². The van der Waals surface area contributed by atoms with Gasteiger partial charge in [0, 0.05) is 7.05 Å². The fraction of sp³-hybridized carbons (Fsp3) is 0.778. The largest absolute Gasteiger partial charge is 0.410 e. The number of nitrogens with one attached hydrogen (secondary N) is 1. The van der Waals surface area contributed by atoms with E-state index in [1.54, 1.807) is 13.3 Å². The summed E-state index contributed by atoms with van der Waals surface area (Å²) in [5.74, 6) is -0.535. The Labute approximate surface area is 89.1 Å². The molecule has 0 aromatic heterocycles. The second kappa shape index (κ2) is 5.24.